The molecule has 3 heterocycles. The molecule has 0 aromatic carbocycles. The third-order valence-electron chi connectivity index (χ3n) is 4.71. The molecule has 3 aromatic heterocycles. The van der Waals surface area contributed by atoms with Crippen molar-refractivity contribution < 1.29 is 5.11 Å². The van der Waals surface area contributed by atoms with Gasteiger partial charge in [0.05, 0.1) is 17.9 Å². The summed E-state index contributed by atoms with van der Waals surface area (Å²) in [6, 6.07) is 3.62. The SMILES string of the molecule is Cc1cc(C)n(Cc2cc(=O)n3c(C4CC4CO)c(C)sc3n2)n1. The molecule has 6 nitrogen and oxygen atoms in total. The van der Waals surface area contributed by atoms with Crippen molar-refractivity contribution in [2.45, 2.75) is 39.7 Å². The third-order valence-corrected chi connectivity index (χ3v) is 5.68. The fourth-order valence-corrected chi connectivity index (χ4v) is 4.49. The van der Waals surface area contributed by atoms with Crippen LogP contribution in [0, 0.1) is 26.7 Å². The van der Waals surface area contributed by atoms with E-state index in [1.165, 1.54) is 0 Å². The summed E-state index contributed by atoms with van der Waals surface area (Å²) in [5.41, 5.74) is 3.74. The first-order valence-corrected chi connectivity index (χ1v) is 8.93. The lowest BCUT2D eigenvalue weighted by Gasteiger charge is -2.05. The molecule has 4 rings (SSSR count). The number of aliphatic hydroxyl groups excluding tert-OH is 1. The van der Waals surface area contributed by atoms with Gasteiger partial charge >= 0.3 is 0 Å². The number of nitrogens with zero attached hydrogens (tertiary/aromatic N) is 4. The number of thiazole rings is 1. The largest absolute Gasteiger partial charge is 0.396 e. The lowest BCUT2D eigenvalue weighted by Crippen LogP contribution is -2.18. The number of hydrogen-bond acceptors (Lipinski definition) is 5. The monoisotopic (exact) mass is 344 g/mol. The minimum Gasteiger partial charge on any atom is -0.396 e. The Hall–Kier alpha value is -1.99. The zero-order valence-electron chi connectivity index (χ0n) is 14.0. The van der Waals surface area contributed by atoms with Crippen LogP contribution in [0.1, 0.15) is 40.0 Å². The second-order valence-corrected chi connectivity index (χ2v) is 7.80. The van der Waals surface area contributed by atoms with E-state index >= 15 is 0 Å². The zero-order chi connectivity index (χ0) is 17.0. The molecule has 0 spiro atoms. The highest BCUT2D eigenvalue weighted by molar-refractivity contribution is 7.17. The van der Waals surface area contributed by atoms with Crippen LogP contribution in [-0.4, -0.2) is 30.9 Å². The normalized spacial score (nSPS) is 20.0. The maximum atomic E-state index is 12.7. The fraction of sp³-hybridized carbons (Fsp3) is 0.471. The molecule has 126 valence electrons. The molecule has 7 heteroatoms. The lowest BCUT2D eigenvalue weighted by molar-refractivity contribution is 0.273. The molecule has 2 unspecified atom stereocenters. The fourth-order valence-electron chi connectivity index (χ4n) is 3.42. The van der Waals surface area contributed by atoms with Gasteiger partial charge in [-0.1, -0.05) is 0 Å². The highest BCUT2D eigenvalue weighted by Gasteiger charge is 2.41. The Labute approximate surface area is 143 Å². The molecular weight excluding hydrogens is 324 g/mol. The van der Waals surface area contributed by atoms with Crippen molar-refractivity contribution >= 4 is 16.3 Å². The summed E-state index contributed by atoms with van der Waals surface area (Å²) in [5.74, 6) is 0.563. The highest BCUT2D eigenvalue weighted by atomic mass is 32.1. The van der Waals surface area contributed by atoms with Gasteiger partial charge in [-0.3, -0.25) is 13.9 Å². The first-order chi connectivity index (χ1) is 11.5. The minimum atomic E-state index is -0.0422. The van der Waals surface area contributed by atoms with E-state index in [1.807, 2.05) is 31.5 Å². The molecule has 2 atom stereocenters. The predicted octanol–water partition coefficient (Wildman–Crippen LogP) is 2.02. The van der Waals surface area contributed by atoms with Gasteiger partial charge < -0.3 is 5.11 Å². The van der Waals surface area contributed by atoms with Gasteiger partial charge in [0.1, 0.15) is 0 Å². The minimum absolute atomic E-state index is 0.0422. The zero-order valence-corrected chi connectivity index (χ0v) is 14.8. The molecule has 0 aliphatic heterocycles. The van der Waals surface area contributed by atoms with Gasteiger partial charge in [-0.15, -0.1) is 11.3 Å². The van der Waals surface area contributed by atoms with E-state index in [1.54, 1.807) is 21.8 Å². The van der Waals surface area contributed by atoms with E-state index in [0.717, 1.165) is 39.0 Å². The summed E-state index contributed by atoms with van der Waals surface area (Å²) >= 11 is 1.55. The number of aryl methyl sites for hydroxylation is 3. The van der Waals surface area contributed by atoms with Crippen LogP contribution in [0.15, 0.2) is 16.9 Å². The average Bonchev–Trinajstić information content (AvgIpc) is 3.11. The van der Waals surface area contributed by atoms with Gasteiger partial charge in [-0.25, -0.2) is 4.98 Å². The quantitative estimate of drug-likeness (QED) is 0.786. The molecule has 0 amide bonds. The number of rotatable bonds is 4. The maximum absolute atomic E-state index is 12.7. The van der Waals surface area contributed by atoms with Crippen LogP contribution in [0.2, 0.25) is 0 Å². The van der Waals surface area contributed by atoms with Crippen LogP contribution in [0.4, 0.5) is 0 Å². The van der Waals surface area contributed by atoms with Gasteiger partial charge in [-0.2, -0.15) is 5.10 Å². The number of aromatic nitrogens is 4. The summed E-state index contributed by atoms with van der Waals surface area (Å²) in [7, 11) is 0. The van der Waals surface area contributed by atoms with Crippen molar-refractivity contribution in [3.63, 3.8) is 0 Å². The van der Waals surface area contributed by atoms with Crippen LogP contribution in [-0.2, 0) is 6.54 Å². The Bertz CT molecular complexity index is 985. The van der Waals surface area contributed by atoms with Crippen LogP contribution in [0.3, 0.4) is 0 Å². The van der Waals surface area contributed by atoms with E-state index in [2.05, 4.69) is 10.1 Å². The van der Waals surface area contributed by atoms with Gasteiger partial charge in [0.15, 0.2) is 4.96 Å². The average molecular weight is 344 g/mol. The molecule has 1 aliphatic rings. The topological polar surface area (TPSA) is 72.4 Å². The molecule has 24 heavy (non-hydrogen) atoms. The van der Waals surface area contributed by atoms with Crippen LogP contribution < -0.4 is 5.56 Å². The van der Waals surface area contributed by atoms with E-state index in [9.17, 15) is 9.90 Å². The van der Waals surface area contributed by atoms with Crippen molar-refractivity contribution in [3.05, 3.63) is 50.1 Å². The number of fused-ring (bicyclic) bond motifs is 1. The summed E-state index contributed by atoms with van der Waals surface area (Å²) < 4.78 is 3.60. The van der Waals surface area contributed by atoms with Gasteiger partial charge in [0, 0.05) is 34.9 Å². The standard InChI is InChI=1S/C17H20N4O2S/c1-9-4-10(2)20(19-9)7-13-6-15(23)21-16(14-5-12(14)8-22)11(3)24-17(21)18-13/h4,6,12,14,22H,5,7-8H2,1-3H3. The summed E-state index contributed by atoms with van der Waals surface area (Å²) in [5, 5.41) is 13.8. The van der Waals surface area contributed by atoms with Crippen molar-refractivity contribution in [1.29, 1.82) is 0 Å². The Morgan fingerprint density at radius 2 is 2.12 bits per heavy atom. The molecule has 0 saturated heterocycles. The second-order valence-electron chi connectivity index (χ2n) is 6.62. The van der Waals surface area contributed by atoms with Crippen LogP contribution in [0.25, 0.3) is 4.96 Å². The molecule has 0 radical (unpaired) electrons. The van der Waals surface area contributed by atoms with E-state index < -0.39 is 0 Å². The van der Waals surface area contributed by atoms with E-state index in [0.29, 0.717) is 6.54 Å². The van der Waals surface area contributed by atoms with Crippen molar-refractivity contribution in [1.82, 2.24) is 19.2 Å². The summed E-state index contributed by atoms with van der Waals surface area (Å²) in [4.78, 5) is 19.2. The maximum Gasteiger partial charge on any atom is 0.259 e. The first-order valence-electron chi connectivity index (χ1n) is 8.12. The number of aliphatic hydroxyl groups is 1. The molecule has 1 aliphatic carbocycles. The van der Waals surface area contributed by atoms with E-state index in [-0.39, 0.29) is 24.0 Å². The van der Waals surface area contributed by atoms with E-state index in [4.69, 9.17) is 0 Å². The summed E-state index contributed by atoms with van der Waals surface area (Å²) in [6.07, 6.45) is 0.948. The molecular formula is C17H20N4O2S. The Balaban J connectivity index is 1.76. The smallest absolute Gasteiger partial charge is 0.259 e. The molecule has 1 fully saturated rings. The van der Waals surface area contributed by atoms with Crippen LogP contribution >= 0.6 is 11.3 Å². The Morgan fingerprint density at radius 3 is 2.75 bits per heavy atom. The molecule has 0 bridgehead atoms. The Morgan fingerprint density at radius 1 is 1.33 bits per heavy atom. The molecule has 3 aromatic rings. The molecule has 1 N–H and O–H groups in total. The first kappa shape index (κ1) is 15.5. The predicted molar refractivity (Wildman–Crippen MR) is 92.8 cm³/mol. The van der Waals surface area contributed by atoms with Crippen molar-refractivity contribution in [2.24, 2.45) is 5.92 Å². The van der Waals surface area contributed by atoms with Crippen LogP contribution in [0.5, 0.6) is 0 Å². The van der Waals surface area contributed by atoms with Crippen molar-refractivity contribution in [3.8, 4) is 0 Å². The van der Waals surface area contributed by atoms with Gasteiger partial charge in [0.25, 0.3) is 5.56 Å². The van der Waals surface area contributed by atoms with Gasteiger partial charge in [0.2, 0.25) is 0 Å². The Kier molecular flexibility index (Phi) is 3.58. The lowest BCUT2D eigenvalue weighted by atomic mass is 10.2. The van der Waals surface area contributed by atoms with Gasteiger partial charge in [-0.05, 0) is 39.2 Å². The van der Waals surface area contributed by atoms with Crippen molar-refractivity contribution in [2.75, 3.05) is 6.61 Å². The highest BCUT2D eigenvalue weighted by Crippen LogP contribution is 2.49. The third kappa shape index (κ3) is 2.48. The second kappa shape index (κ2) is 5.53. The number of hydrogen-bond donors (Lipinski definition) is 1. The summed E-state index contributed by atoms with van der Waals surface area (Å²) in [6.45, 7) is 6.67. The molecule has 1 saturated carbocycles.